The average molecular weight is 499 g/mol. The Labute approximate surface area is 217 Å². The number of nitrogens with one attached hydrogen (secondary N) is 2. The molecule has 0 atom stereocenters. The summed E-state index contributed by atoms with van der Waals surface area (Å²) in [5.74, 6) is 2.94. The van der Waals surface area contributed by atoms with Crippen molar-refractivity contribution in [2.45, 2.75) is 13.5 Å². The number of methoxy groups -OCH3 is 1. The number of para-hydroxylation sites is 3. The molecule has 0 aliphatic carbocycles. The van der Waals surface area contributed by atoms with Crippen LogP contribution in [0.15, 0.2) is 97.1 Å². The number of hydrogen-bond acceptors (Lipinski definition) is 6. The van der Waals surface area contributed by atoms with Gasteiger partial charge in [0.25, 0.3) is 5.91 Å². The van der Waals surface area contributed by atoms with Crippen molar-refractivity contribution in [1.82, 2.24) is 0 Å². The van der Waals surface area contributed by atoms with Crippen LogP contribution in [0.2, 0.25) is 0 Å². The number of amides is 1. The van der Waals surface area contributed by atoms with E-state index in [1.807, 2.05) is 91.9 Å². The molecule has 0 saturated carbocycles. The number of hydrogen-bond donors (Lipinski definition) is 2. The molecule has 7 heteroatoms. The van der Waals surface area contributed by atoms with Crippen molar-refractivity contribution in [1.29, 1.82) is 0 Å². The van der Waals surface area contributed by atoms with Gasteiger partial charge in [-0.25, -0.2) is 0 Å². The lowest BCUT2D eigenvalue weighted by Gasteiger charge is -2.15. The highest BCUT2D eigenvalue weighted by Crippen LogP contribution is 2.30. The van der Waals surface area contributed by atoms with Gasteiger partial charge in [-0.15, -0.1) is 0 Å². The molecule has 4 aromatic carbocycles. The van der Waals surface area contributed by atoms with Crippen LogP contribution in [0.4, 0.5) is 11.4 Å². The maximum atomic E-state index is 12.4. The molecule has 2 N–H and O–H groups in total. The molecule has 0 saturated heterocycles. The fraction of sp³-hybridized carbons (Fsp3) is 0.167. The second kappa shape index (κ2) is 12.9. The van der Waals surface area contributed by atoms with Crippen LogP contribution in [0.3, 0.4) is 0 Å². The molecule has 4 rings (SSSR count). The first-order chi connectivity index (χ1) is 18.1. The fourth-order valence-electron chi connectivity index (χ4n) is 3.60. The Kier molecular flexibility index (Phi) is 8.86. The molecule has 0 unspecified atom stereocenters. The third-order valence-corrected chi connectivity index (χ3v) is 5.38. The van der Waals surface area contributed by atoms with Crippen molar-refractivity contribution in [3.05, 3.63) is 103 Å². The topological polar surface area (TPSA) is 78.0 Å². The Balaban J connectivity index is 1.32. The molecule has 4 aromatic rings. The summed E-state index contributed by atoms with van der Waals surface area (Å²) < 4.78 is 22.6. The molecule has 0 aliphatic rings. The molecule has 37 heavy (non-hydrogen) atoms. The minimum atomic E-state index is -0.294. The molecule has 0 radical (unpaired) electrons. The van der Waals surface area contributed by atoms with E-state index in [1.54, 1.807) is 19.2 Å². The second-order valence-corrected chi connectivity index (χ2v) is 8.04. The predicted molar refractivity (Wildman–Crippen MR) is 145 cm³/mol. The van der Waals surface area contributed by atoms with Crippen LogP contribution in [0.5, 0.6) is 28.7 Å². The Morgan fingerprint density at radius 2 is 1.49 bits per heavy atom. The lowest BCUT2D eigenvalue weighted by Crippen LogP contribution is -2.20. The largest absolute Gasteiger partial charge is 0.495 e. The summed E-state index contributed by atoms with van der Waals surface area (Å²) >= 11 is 0. The summed E-state index contributed by atoms with van der Waals surface area (Å²) in [7, 11) is 1.56. The number of anilines is 2. The van der Waals surface area contributed by atoms with Gasteiger partial charge in [-0.2, -0.15) is 0 Å². The van der Waals surface area contributed by atoms with Gasteiger partial charge in [0.1, 0.15) is 17.2 Å². The first-order valence-electron chi connectivity index (χ1n) is 12.0. The maximum Gasteiger partial charge on any atom is 0.262 e. The zero-order chi connectivity index (χ0) is 25.9. The van der Waals surface area contributed by atoms with E-state index in [0.717, 1.165) is 22.7 Å². The van der Waals surface area contributed by atoms with E-state index < -0.39 is 0 Å². The summed E-state index contributed by atoms with van der Waals surface area (Å²) in [4.78, 5) is 12.4. The molecular formula is C30H30N2O5. The van der Waals surface area contributed by atoms with Gasteiger partial charge in [0.15, 0.2) is 18.1 Å². The van der Waals surface area contributed by atoms with Crippen LogP contribution in [-0.2, 0) is 11.3 Å². The van der Waals surface area contributed by atoms with Crippen LogP contribution in [0.25, 0.3) is 0 Å². The Morgan fingerprint density at radius 1 is 0.757 bits per heavy atom. The highest BCUT2D eigenvalue weighted by atomic mass is 16.5. The number of rotatable bonds is 12. The van der Waals surface area contributed by atoms with Gasteiger partial charge >= 0.3 is 0 Å². The van der Waals surface area contributed by atoms with Gasteiger partial charge in [-0.05, 0) is 73.2 Å². The van der Waals surface area contributed by atoms with Crippen molar-refractivity contribution in [3.63, 3.8) is 0 Å². The van der Waals surface area contributed by atoms with E-state index >= 15 is 0 Å². The summed E-state index contributed by atoms with van der Waals surface area (Å²) in [6.45, 7) is 2.81. The lowest BCUT2D eigenvalue weighted by molar-refractivity contribution is -0.118. The van der Waals surface area contributed by atoms with Gasteiger partial charge in [-0.3, -0.25) is 4.79 Å². The van der Waals surface area contributed by atoms with Crippen molar-refractivity contribution in [3.8, 4) is 28.7 Å². The number of benzene rings is 4. The zero-order valence-electron chi connectivity index (χ0n) is 20.9. The van der Waals surface area contributed by atoms with Crippen LogP contribution in [0, 0.1) is 0 Å². The van der Waals surface area contributed by atoms with E-state index in [-0.39, 0.29) is 12.5 Å². The third-order valence-electron chi connectivity index (χ3n) is 5.38. The number of carbonyl (C=O) groups is 1. The lowest BCUT2D eigenvalue weighted by atomic mass is 10.2. The van der Waals surface area contributed by atoms with Gasteiger partial charge < -0.3 is 29.6 Å². The Morgan fingerprint density at radius 3 is 2.24 bits per heavy atom. The molecule has 0 heterocycles. The summed E-state index contributed by atoms with van der Waals surface area (Å²) in [6.07, 6.45) is 0. The SMILES string of the molecule is CCOc1cc(CNc2ccc(Oc3ccccc3)cc2)ccc1OCC(=O)Nc1ccccc1OC. The molecule has 0 spiro atoms. The molecule has 0 bridgehead atoms. The normalized spacial score (nSPS) is 10.3. The minimum absolute atomic E-state index is 0.160. The molecule has 0 aromatic heterocycles. The van der Waals surface area contributed by atoms with Gasteiger partial charge in [0.05, 0.1) is 19.4 Å². The minimum Gasteiger partial charge on any atom is -0.495 e. The molecule has 0 fully saturated rings. The van der Waals surface area contributed by atoms with Crippen LogP contribution in [-0.4, -0.2) is 26.2 Å². The van der Waals surface area contributed by atoms with Crippen molar-refractivity contribution >= 4 is 17.3 Å². The van der Waals surface area contributed by atoms with E-state index in [0.29, 0.717) is 36.1 Å². The number of ether oxygens (including phenoxy) is 4. The van der Waals surface area contributed by atoms with E-state index in [4.69, 9.17) is 18.9 Å². The van der Waals surface area contributed by atoms with Crippen molar-refractivity contribution in [2.24, 2.45) is 0 Å². The van der Waals surface area contributed by atoms with Gasteiger partial charge in [0, 0.05) is 12.2 Å². The molecule has 0 aliphatic heterocycles. The maximum absolute atomic E-state index is 12.4. The zero-order valence-corrected chi connectivity index (χ0v) is 20.9. The molecule has 7 nitrogen and oxygen atoms in total. The molecule has 1 amide bonds. The third kappa shape index (κ3) is 7.41. The average Bonchev–Trinajstić information content (AvgIpc) is 2.93. The van der Waals surface area contributed by atoms with E-state index in [1.165, 1.54) is 0 Å². The van der Waals surface area contributed by atoms with Crippen LogP contribution < -0.4 is 29.6 Å². The summed E-state index contributed by atoms with van der Waals surface area (Å²) in [5, 5.41) is 6.20. The molecule has 190 valence electrons. The fourth-order valence-corrected chi connectivity index (χ4v) is 3.60. The van der Waals surface area contributed by atoms with E-state index in [2.05, 4.69) is 10.6 Å². The van der Waals surface area contributed by atoms with Crippen molar-refractivity contribution in [2.75, 3.05) is 31.0 Å². The number of carbonyl (C=O) groups excluding carboxylic acids is 1. The highest BCUT2D eigenvalue weighted by Gasteiger charge is 2.11. The highest BCUT2D eigenvalue weighted by molar-refractivity contribution is 5.93. The smallest absolute Gasteiger partial charge is 0.262 e. The van der Waals surface area contributed by atoms with Gasteiger partial charge in [-0.1, -0.05) is 36.4 Å². The predicted octanol–water partition coefficient (Wildman–Crippen LogP) is 6.52. The Hall–Kier alpha value is -4.65. The standard InChI is InChI=1S/C30H30N2O5/c1-3-35-29-19-22(20-31-23-14-16-25(17-15-23)37-24-9-5-4-6-10-24)13-18-28(29)36-21-30(33)32-26-11-7-8-12-27(26)34-2/h4-19,31H,3,20-21H2,1-2H3,(H,32,33). The van der Waals surface area contributed by atoms with Crippen LogP contribution in [0.1, 0.15) is 12.5 Å². The first kappa shape index (κ1) is 25.4. The van der Waals surface area contributed by atoms with Crippen molar-refractivity contribution < 1.29 is 23.7 Å². The Bertz CT molecular complexity index is 1290. The second-order valence-electron chi connectivity index (χ2n) is 8.04. The summed E-state index contributed by atoms with van der Waals surface area (Å²) in [5.41, 5.74) is 2.57. The van der Waals surface area contributed by atoms with E-state index in [9.17, 15) is 4.79 Å². The summed E-state index contributed by atoms with van der Waals surface area (Å²) in [6, 6.07) is 30.3. The van der Waals surface area contributed by atoms with Gasteiger partial charge in [0.2, 0.25) is 0 Å². The molecular weight excluding hydrogens is 468 g/mol. The monoisotopic (exact) mass is 498 g/mol. The van der Waals surface area contributed by atoms with Crippen LogP contribution >= 0.6 is 0 Å². The quantitative estimate of drug-likeness (QED) is 0.232. The first-order valence-corrected chi connectivity index (χ1v) is 12.0.